The average molecular weight is 439 g/mol. The van der Waals surface area contributed by atoms with Crippen LogP contribution in [-0.4, -0.2) is 12.0 Å². The molecule has 1 unspecified atom stereocenters. The Kier molecular flexibility index (Phi) is 6.87. The van der Waals surface area contributed by atoms with Gasteiger partial charge in [0.2, 0.25) is 0 Å². The standard InChI is InChI=1S/C28H26N2O3/c1-19(2)27(28(31)32-18-21-6-4-3-5-7-21)30-17-22-10-13-25-24(14-22)15-26(33-25)23-11-8-20(16-29)9-12-23/h3-15,19,27,30H,17-18H2,1-2H3. The van der Waals surface area contributed by atoms with Gasteiger partial charge in [0, 0.05) is 17.5 Å². The van der Waals surface area contributed by atoms with Gasteiger partial charge in [-0.3, -0.25) is 4.79 Å². The molecule has 1 heterocycles. The van der Waals surface area contributed by atoms with Gasteiger partial charge < -0.3 is 14.5 Å². The van der Waals surface area contributed by atoms with Crippen molar-refractivity contribution in [2.45, 2.75) is 33.0 Å². The Morgan fingerprint density at radius 1 is 1.00 bits per heavy atom. The van der Waals surface area contributed by atoms with Crippen molar-refractivity contribution in [2.24, 2.45) is 5.92 Å². The smallest absolute Gasteiger partial charge is 0.323 e. The molecule has 0 amide bonds. The fourth-order valence-electron chi connectivity index (χ4n) is 3.69. The third-order valence-corrected chi connectivity index (χ3v) is 5.55. The van der Waals surface area contributed by atoms with Crippen molar-refractivity contribution in [3.63, 3.8) is 0 Å². The van der Waals surface area contributed by atoms with Gasteiger partial charge in [-0.1, -0.05) is 50.2 Å². The molecule has 4 aromatic rings. The van der Waals surface area contributed by atoms with Gasteiger partial charge in [-0.15, -0.1) is 0 Å². The Morgan fingerprint density at radius 3 is 2.45 bits per heavy atom. The van der Waals surface area contributed by atoms with Crippen molar-refractivity contribution in [3.05, 3.63) is 95.6 Å². The highest BCUT2D eigenvalue weighted by Crippen LogP contribution is 2.28. The van der Waals surface area contributed by atoms with E-state index in [2.05, 4.69) is 17.5 Å². The van der Waals surface area contributed by atoms with Gasteiger partial charge in [-0.2, -0.15) is 5.26 Å². The van der Waals surface area contributed by atoms with E-state index in [0.717, 1.165) is 33.4 Å². The minimum atomic E-state index is -0.400. The Morgan fingerprint density at radius 2 is 1.76 bits per heavy atom. The molecule has 5 nitrogen and oxygen atoms in total. The quantitative estimate of drug-likeness (QED) is 0.350. The van der Waals surface area contributed by atoms with E-state index in [1.807, 2.05) is 74.5 Å². The van der Waals surface area contributed by atoms with Crippen LogP contribution in [0.3, 0.4) is 0 Å². The molecule has 0 bridgehead atoms. The molecule has 1 atom stereocenters. The van der Waals surface area contributed by atoms with Crippen LogP contribution in [0.2, 0.25) is 0 Å². The Hall–Kier alpha value is -3.88. The van der Waals surface area contributed by atoms with Gasteiger partial charge >= 0.3 is 5.97 Å². The number of fused-ring (bicyclic) bond motifs is 1. The zero-order valence-corrected chi connectivity index (χ0v) is 18.7. The number of hydrogen-bond acceptors (Lipinski definition) is 5. The van der Waals surface area contributed by atoms with Gasteiger partial charge in [0.1, 0.15) is 24.0 Å². The molecule has 166 valence electrons. The predicted molar refractivity (Wildman–Crippen MR) is 128 cm³/mol. The number of ether oxygens (including phenoxy) is 1. The molecule has 0 aliphatic carbocycles. The highest BCUT2D eigenvalue weighted by molar-refractivity contribution is 5.83. The summed E-state index contributed by atoms with van der Waals surface area (Å²) in [6.07, 6.45) is 0. The molecule has 0 saturated carbocycles. The van der Waals surface area contributed by atoms with E-state index >= 15 is 0 Å². The average Bonchev–Trinajstić information content (AvgIpc) is 3.27. The fourth-order valence-corrected chi connectivity index (χ4v) is 3.69. The normalized spacial score (nSPS) is 11.9. The number of esters is 1. The van der Waals surface area contributed by atoms with Crippen LogP contribution in [0.15, 0.2) is 83.3 Å². The van der Waals surface area contributed by atoms with Gasteiger partial charge in [-0.25, -0.2) is 0 Å². The van der Waals surface area contributed by atoms with Crippen molar-refractivity contribution in [2.75, 3.05) is 0 Å². The van der Waals surface area contributed by atoms with Crippen LogP contribution in [0.5, 0.6) is 0 Å². The van der Waals surface area contributed by atoms with Crippen molar-refractivity contribution in [1.29, 1.82) is 5.26 Å². The summed E-state index contributed by atoms with van der Waals surface area (Å²) in [5.74, 6) is 0.597. The number of carbonyl (C=O) groups excluding carboxylic acids is 1. The van der Waals surface area contributed by atoms with Crippen LogP contribution in [-0.2, 0) is 22.7 Å². The second-order valence-corrected chi connectivity index (χ2v) is 8.37. The number of nitrogens with one attached hydrogen (secondary N) is 1. The number of hydrogen-bond donors (Lipinski definition) is 1. The van der Waals surface area contributed by atoms with Crippen LogP contribution in [0.1, 0.15) is 30.5 Å². The summed E-state index contributed by atoms with van der Waals surface area (Å²) in [5.41, 5.74) is 4.35. The van der Waals surface area contributed by atoms with Crippen molar-refractivity contribution in [1.82, 2.24) is 5.32 Å². The van der Waals surface area contributed by atoms with Crippen LogP contribution in [0.4, 0.5) is 0 Å². The van der Waals surface area contributed by atoms with Crippen molar-refractivity contribution in [3.8, 4) is 17.4 Å². The first-order valence-corrected chi connectivity index (χ1v) is 11.0. The summed E-state index contributed by atoms with van der Waals surface area (Å²) in [4.78, 5) is 12.7. The second kappa shape index (κ2) is 10.2. The van der Waals surface area contributed by atoms with E-state index < -0.39 is 6.04 Å². The first-order valence-electron chi connectivity index (χ1n) is 11.0. The molecule has 1 N–H and O–H groups in total. The monoisotopic (exact) mass is 438 g/mol. The van der Waals surface area contributed by atoms with E-state index in [9.17, 15) is 4.79 Å². The predicted octanol–water partition coefficient (Wildman–Crippen LogP) is 5.83. The highest BCUT2D eigenvalue weighted by Gasteiger charge is 2.23. The largest absolute Gasteiger partial charge is 0.460 e. The first kappa shape index (κ1) is 22.3. The summed E-state index contributed by atoms with van der Waals surface area (Å²) in [6.45, 7) is 4.81. The molecule has 4 rings (SSSR count). The Balaban J connectivity index is 1.42. The molecule has 5 heteroatoms. The summed E-state index contributed by atoms with van der Waals surface area (Å²) >= 11 is 0. The molecule has 0 aliphatic heterocycles. The number of benzene rings is 3. The van der Waals surface area contributed by atoms with E-state index in [0.29, 0.717) is 12.1 Å². The molecule has 0 aliphatic rings. The maximum atomic E-state index is 12.7. The molecular weight excluding hydrogens is 412 g/mol. The molecule has 33 heavy (non-hydrogen) atoms. The van der Waals surface area contributed by atoms with Crippen molar-refractivity contribution < 1.29 is 13.9 Å². The number of furan rings is 1. The van der Waals surface area contributed by atoms with Gasteiger partial charge in [-0.05, 0) is 59.5 Å². The topological polar surface area (TPSA) is 75.3 Å². The lowest BCUT2D eigenvalue weighted by atomic mass is 10.0. The number of nitrogens with zero attached hydrogens (tertiary/aromatic N) is 1. The molecule has 0 radical (unpaired) electrons. The fraction of sp³-hybridized carbons (Fsp3) is 0.214. The molecule has 0 saturated heterocycles. The van der Waals surface area contributed by atoms with Crippen LogP contribution < -0.4 is 5.32 Å². The maximum Gasteiger partial charge on any atom is 0.323 e. The van der Waals surface area contributed by atoms with Crippen molar-refractivity contribution >= 4 is 16.9 Å². The SMILES string of the molecule is CC(C)C(NCc1ccc2oc(-c3ccc(C#N)cc3)cc2c1)C(=O)OCc1ccccc1. The zero-order chi connectivity index (χ0) is 23.2. The number of rotatable bonds is 8. The Labute approximate surface area is 193 Å². The van der Waals surface area contributed by atoms with Gasteiger partial charge in [0.25, 0.3) is 0 Å². The van der Waals surface area contributed by atoms with E-state index in [1.165, 1.54) is 0 Å². The van der Waals surface area contributed by atoms with Crippen LogP contribution in [0, 0.1) is 17.2 Å². The number of carbonyl (C=O) groups is 1. The van der Waals surface area contributed by atoms with Gasteiger partial charge in [0.05, 0.1) is 11.6 Å². The van der Waals surface area contributed by atoms with E-state index in [-0.39, 0.29) is 18.5 Å². The van der Waals surface area contributed by atoms with Gasteiger partial charge in [0.15, 0.2) is 0 Å². The van der Waals surface area contributed by atoms with E-state index in [1.54, 1.807) is 12.1 Å². The number of nitriles is 1. The summed E-state index contributed by atoms with van der Waals surface area (Å²) < 4.78 is 11.5. The summed E-state index contributed by atoms with van der Waals surface area (Å²) in [6, 6.07) is 26.7. The molecular formula is C28H26N2O3. The minimum absolute atomic E-state index is 0.0916. The zero-order valence-electron chi connectivity index (χ0n) is 18.7. The third kappa shape index (κ3) is 5.49. The molecule has 1 aromatic heterocycles. The molecule has 3 aromatic carbocycles. The lowest BCUT2D eigenvalue weighted by molar-refractivity contribution is -0.148. The third-order valence-electron chi connectivity index (χ3n) is 5.55. The molecule has 0 spiro atoms. The lowest BCUT2D eigenvalue weighted by Crippen LogP contribution is -2.41. The first-order chi connectivity index (χ1) is 16.0. The lowest BCUT2D eigenvalue weighted by Gasteiger charge is -2.21. The van der Waals surface area contributed by atoms with Crippen LogP contribution >= 0.6 is 0 Å². The molecule has 0 fully saturated rings. The Bertz CT molecular complexity index is 1270. The summed E-state index contributed by atoms with van der Waals surface area (Å²) in [7, 11) is 0. The minimum Gasteiger partial charge on any atom is -0.460 e. The maximum absolute atomic E-state index is 12.7. The van der Waals surface area contributed by atoms with E-state index in [4.69, 9.17) is 14.4 Å². The highest BCUT2D eigenvalue weighted by atomic mass is 16.5. The van der Waals surface area contributed by atoms with Crippen LogP contribution in [0.25, 0.3) is 22.3 Å². The summed E-state index contributed by atoms with van der Waals surface area (Å²) in [5, 5.41) is 13.3. The second-order valence-electron chi connectivity index (χ2n) is 8.37.